The molecule has 2 aromatic carbocycles. The number of aliphatic carboxylic acids is 1. The van der Waals surface area contributed by atoms with Gasteiger partial charge in [-0.3, -0.25) is 5.32 Å². The molecule has 1 amide bonds. The summed E-state index contributed by atoms with van der Waals surface area (Å²) in [7, 11) is 0. The Hall–Kier alpha value is -4.00. The number of carbonyl (C=O) groups excluding carboxylic acids is 1. The standard InChI is InChI=1S/C27H28F3N5O4S/c1-25(2,27(28,29)30)16-26(22(36)37,33-23(40)32-24(38)39-15-17-6-4-3-5-7-17)19-10-8-18(9-11-19)21-14-31-35(34-21)20-12-13-20/h3-11,14,20H,12-13,15-16H2,1-2H3,(H,36,37)(H2,32,33,38,40)/t26-/m1/s1. The van der Waals surface area contributed by atoms with Crippen molar-refractivity contribution in [1.29, 1.82) is 0 Å². The minimum Gasteiger partial charge on any atom is -0.479 e. The number of thiocarbonyl (C=S) groups is 1. The number of aromatic nitrogens is 3. The molecule has 0 unspecified atom stereocenters. The van der Waals surface area contributed by atoms with Crippen molar-refractivity contribution in [2.75, 3.05) is 0 Å². The van der Waals surface area contributed by atoms with E-state index in [1.807, 2.05) is 0 Å². The highest BCUT2D eigenvalue weighted by atomic mass is 32.1. The van der Waals surface area contributed by atoms with E-state index in [9.17, 15) is 27.9 Å². The largest absolute Gasteiger partial charge is 0.479 e. The highest BCUT2D eigenvalue weighted by molar-refractivity contribution is 7.80. The number of carboxylic acid groups (broad SMARTS) is 1. The van der Waals surface area contributed by atoms with Gasteiger partial charge in [0.1, 0.15) is 12.3 Å². The number of halogens is 3. The number of ether oxygens (including phenoxy) is 1. The number of alkyl carbamates (subject to hydrolysis) is 1. The van der Waals surface area contributed by atoms with Crippen molar-refractivity contribution in [1.82, 2.24) is 25.6 Å². The van der Waals surface area contributed by atoms with Crippen molar-refractivity contribution in [3.63, 3.8) is 0 Å². The van der Waals surface area contributed by atoms with Crippen molar-refractivity contribution >= 4 is 29.4 Å². The lowest BCUT2D eigenvalue weighted by molar-refractivity contribution is -0.220. The second-order valence-electron chi connectivity index (χ2n) is 10.3. The van der Waals surface area contributed by atoms with E-state index in [0.717, 1.165) is 26.7 Å². The second kappa shape index (κ2) is 11.2. The average molecular weight is 576 g/mol. The molecule has 13 heteroatoms. The Balaban J connectivity index is 1.59. The van der Waals surface area contributed by atoms with E-state index in [-0.39, 0.29) is 18.2 Å². The fraction of sp³-hybridized carbons (Fsp3) is 0.370. The first-order chi connectivity index (χ1) is 18.8. The second-order valence-corrected chi connectivity index (χ2v) is 10.7. The van der Waals surface area contributed by atoms with Gasteiger partial charge in [-0.05, 0) is 42.6 Å². The number of nitrogens with one attached hydrogen (secondary N) is 2. The van der Waals surface area contributed by atoms with Gasteiger partial charge in [0.15, 0.2) is 10.7 Å². The molecule has 1 fully saturated rings. The number of carbonyl (C=O) groups is 2. The third-order valence-corrected chi connectivity index (χ3v) is 6.85. The first-order valence-corrected chi connectivity index (χ1v) is 12.8. The Labute approximate surface area is 233 Å². The van der Waals surface area contributed by atoms with Crippen molar-refractivity contribution in [3.8, 4) is 11.3 Å². The van der Waals surface area contributed by atoms with Crippen LogP contribution in [-0.4, -0.2) is 43.5 Å². The number of hydrogen-bond donors (Lipinski definition) is 3. The van der Waals surface area contributed by atoms with Crippen LogP contribution in [0, 0.1) is 5.41 Å². The number of hydrogen-bond acceptors (Lipinski definition) is 6. The maximum absolute atomic E-state index is 13.9. The molecule has 1 heterocycles. The predicted molar refractivity (Wildman–Crippen MR) is 143 cm³/mol. The number of amides is 1. The minimum atomic E-state index is -4.74. The third kappa shape index (κ3) is 6.58. The Morgan fingerprint density at radius 1 is 1.10 bits per heavy atom. The number of nitrogens with zero attached hydrogens (tertiary/aromatic N) is 3. The normalized spacial score (nSPS) is 15.1. The van der Waals surface area contributed by atoms with Gasteiger partial charge in [-0.15, -0.1) is 0 Å². The average Bonchev–Trinajstić information content (AvgIpc) is 3.63. The molecule has 1 aliphatic rings. The van der Waals surface area contributed by atoms with Crippen LogP contribution in [0.15, 0.2) is 60.8 Å². The highest BCUT2D eigenvalue weighted by Gasteiger charge is 2.55. The zero-order valence-corrected chi connectivity index (χ0v) is 22.6. The van der Waals surface area contributed by atoms with Crippen LogP contribution in [-0.2, 0) is 21.7 Å². The maximum atomic E-state index is 13.9. The predicted octanol–water partition coefficient (Wildman–Crippen LogP) is 5.34. The van der Waals surface area contributed by atoms with E-state index in [0.29, 0.717) is 16.8 Å². The van der Waals surface area contributed by atoms with Gasteiger partial charge in [-0.2, -0.15) is 28.2 Å². The lowest BCUT2D eigenvalue weighted by Gasteiger charge is -2.39. The summed E-state index contributed by atoms with van der Waals surface area (Å²) in [6, 6.07) is 14.9. The van der Waals surface area contributed by atoms with Crippen molar-refractivity contribution in [3.05, 3.63) is 71.9 Å². The molecule has 0 saturated heterocycles. The lowest BCUT2D eigenvalue weighted by Crippen LogP contribution is -2.58. The van der Waals surface area contributed by atoms with Gasteiger partial charge >= 0.3 is 18.2 Å². The van der Waals surface area contributed by atoms with Crippen LogP contribution in [0.3, 0.4) is 0 Å². The van der Waals surface area contributed by atoms with Crippen molar-refractivity contribution < 1.29 is 32.6 Å². The molecule has 40 heavy (non-hydrogen) atoms. The van der Waals surface area contributed by atoms with Gasteiger partial charge in [-0.1, -0.05) is 68.4 Å². The van der Waals surface area contributed by atoms with E-state index in [2.05, 4.69) is 20.8 Å². The van der Waals surface area contributed by atoms with Crippen LogP contribution in [0.4, 0.5) is 18.0 Å². The molecule has 0 spiro atoms. The summed E-state index contributed by atoms with van der Waals surface area (Å²) < 4.78 is 47.0. The van der Waals surface area contributed by atoms with E-state index >= 15 is 0 Å². The first-order valence-electron chi connectivity index (χ1n) is 12.4. The van der Waals surface area contributed by atoms with Gasteiger partial charge in [0.05, 0.1) is 17.7 Å². The van der Waals surface area contributed by atoms with Gasteiger partial charge < -0.3 is 15.2 Å². The fourth-order valence-electron chi connectivity index (χ4n) is 4.13. The molecule has 4 rings (SSSR count). The van der Waals surface area contributed by atoms with Gasteiger partial charge in [-0.25, -0.2) is 9.59 Å². The summed E-state index contributed by atoms with van der Waals surface area (Å²) in [6.07, 6.45) is -3.12. The van der Waals surface area contributed by atoms with Gasteiger partial charge in [0, 0.05) is 5.56 Å². The zero-order chi connectivity index (χ0) is 29.1. The van der Waals surface area contributed by atoms with Crippen LogP contribution in [0.1, 0.15) is 50.3 Å². The molecular weight excluding hydrogens is 547 g/mol. The molecule has 0 aliphatic heterocycles. The molecule has 0 bridgehead atoms. The highest BCUT2D eigenvalue weighted by Crippen LogP contribution is 2.46. The summed E-state index contributed by atoms with van der Waals surface area (Å²) in [4.78, 5) is 26.7. The number of alkyl halides is 3. The molecule has 1 aromatic heterocycles. The van der Waals surface area contributed by atoms with Crippen LogP contribution in [0.2, 0.25) is 0 Å². The Morgan fingerprint density at radius 2 is 1.75 bits per heavy atom. The molecule has 212 valence electrons. The van der Waals surface area contributed by atoms with E-state index in [1.54, 1.807) is 53.5 Å². The molecule has 3 aromatic rings. The summed E-state index contributed by atoms with van der Waals surface area (Å²) in [5, 5.41) is 23.2. The summed E-state index contributed by atoms with van der Waals surface area (Å²) in [6.45, 7) is 1.72. The van der Waals surface area contributed by atoms with Crippen LogP contribution >= 0.6 is 12.2 Å². The fourth-order valence-corrected chi connectivity index (χ4v) is 4.38. The molecule has 1 saturated carbocycles. The number of carboxylic acids is 1. The van der Waals surface area contributed by atoms with E-state index in [1.165, 1.54) is 12.1 Å². The topological polar surface area (TPSA) is 118 Å². The minimum absolute atomic E-state index is 0.00235. The zero-order valence-electron chi connectivity index (χ0n) is 21.7. The van der Waals surface area contributed by atoms with Crippen molar-refractivity contribution in [2.24, 2.45) is 5.41 Å². The Morgan fingerprint density at radius 3 is 2.33 bits per heavy atom. The molecular formula is C27H28F3N5O4S. The molecule has 0 radical (unpaired) electrons. The van der Waals surface area contributed by atoms with Crippen LogP contribution < -0.4 is 10.6 Å². The summed E-state index contributed by atoms with van der Waals surface area (Å²) in [5.41, 5.74) is -2.96. The molecule has 1 aliphatic carbocycles. The molecule has 3 N–H and O–H groups in total. The van der Waals surface area contributed by atoms with Gasteiger partial charge in [0.2, 0.25) is 0 Å². The Bertz CT molecular complexity index is 1370. The number of benzene rings is 2. The molecule has 9 nitrogen and oxygen atoms in total. The van der Waals surface area contributed by atoms with E-state index in [4.69, 9.17) is 17.0 Å². The van der Waals surface area contributed by atoms with Gasteiger partial charge in [0.25, 0.3) is 0 Å². The van der Waals surface area contributed by atoms with Crippen molar-refractivity contribution in [2.45, 2.75) is 57.5 Å². The summed E-state index contributed by atoms with van der Waals surface area (Å²) >= 11 is 5.16. The quantitative estimate of drug-likeness (QED) is 0.293. The number of rotatable bonds is 9. The smallest absolute Gasteiger partial charge is 0.413 e. The lowest BCUT2D eigenvalue weighted by atomic mass is 9.74. The van der Waals surface area contributed by atoms with Crippen LogP contribution in [0.25, 0.3) is 11.3 Å². The molecule has 1 atom stereocenters. The first kappa shape index (κ1) is 29.0. The Kier molecular flexibility index (Phi) is 8.15. The monoisotopic (exact) mass is 575 g/mol. The van der Waals surface area contributed by atoms with E-state index < -0.39 is 40.7 Å². The maximum Gasteiger partial charge on any atom is 0.413 e. The SMILES string of the molecule is CC(C)(C[C@](NC(=S)NC(=O)OCc1ccccc1)(C(=O)O)c1ccc(-c2cnn(C3CC3)n2)cc1)C(F)(F)F. The van der Waals surface area contributed by atoms with Crippen LogP contribution in [0.5, 0.6) is 0 Å². The summed E-state index contributed by atoms with van der Waals surface area (Å²) in [5.74, 6) is -1.61. The third-order valence-electron chi connectivity index (χ3n) is 6.65.